The van der Waals surface area contributed by atoms with Gasteiger partial charge in [-0.3, -0.25) is 4.79 Å². The molecule has 1 saturated carbocycles. The minimum atomic E-state index is -3.78. The molecule has 1 amide bonds. The number of hydrogen-bond acceptors (Lipinski definition) is 6. The van der Waals surface area contributed by atoms with Gasteiger partial charge in [-0.25, -0.2) is 22.1 Å². The largest absolute Gasteiger partial charge is 0.354 e. The van der Waals surface area contributed by atoms with Crippen molar-refractivity contribution < 1.29 is 13.2 Å². The van der Waals surface area contributed by atoms with Crippen LogP contribution in [0.4, 0.5) is 0 Å². The lowest BCUT2D eigenvalue weighted by Crippen LogP contribution is -2.37. The summed E-state index contributed by atoms with van der Waals surface area (Å²) in [7, 11) is -3.78. The number of fused-ring (bicyclic) bond motifs is 3. The lowest BCUT2D eigenvalue weighted by Gasteiger charge is -2.28. The average Bonchev–Trinajstić information content (AvgIpc) is 3.44. The monoisotopic (exact) mass is 466 g/mol. The van der Waals surface area contributed by atoms with Gasteiger partial charge in [0.25, 0.3) is 10.0 Å². The number of rotatable bonds is 5. The van der Waals surface area contributed by atoms with Crippen LogP contribution < -0.4 is 5.32 Å². The molecule has 5 rings (SSSR count). The molecule has 3 heterocycles. The maximum Gasteiger partial charge on any atom is 0.269 e. The van der Waals surface area contributed by atoms with Crippen molar-refractivity contribution in [1.29, 1.82) is 0 Å². The third-order valence-electron chi connectivity index (χ3n) is 6.26. The van der Waals surface area contributed by atoms with Gasteiger partial charge >= 0.3 is 0 Å². The molecule has 0 aliphatic heterocycles. The summed E-state index contributed by atoms with van der Waals surface area (Å²) in [5.74, 6) is 0.124. The van der Waals surface area contributed by atoms with Crippen molar-refractivity contribution in [1.82, 2.24) is 29.3 Å². The Bertz CT molecular complexity index is 1420. The van der Waals surface area contributed by atoms with Crippen molar-refractivity contribution in [3.8, 4) is 0 Å². The first-order valence-corrected chi connectivity index (χ1v) is 12.6. The maximum atomic E-state index is 13.2. The number of nitrogens with zero attached hydrogens (tertiary/aromatic N) is 5. The van der Waals surface area contributed by atoms with Gasteiger partial charge in [-0.15, -0.1) is 5.10 Å². The van der Waals surface area contributed by atoms with Gasteiger partial charge in [-0.05, 0) is 57.7 Å². The van der Waals surface area contributed by atoms with E-state index in [0.717, 1.165) is 31.2 Å². The SMILES string of the molecule is CC(C)NC(=O)C1CCC(n2nnc3cnc4c(ccn4S(=O)(=O)c4ccccc4)c32)CC1. The molecule has 1 N–H and O–H groups in total. The van der Waals surface area contributed by atoms with Crippen molar-refractivity contribution in [3.05, 3.63) is 48.8 Å². The van der Waals surface area contributed by atoms with Gasteiger partial charge in [0.2, 0.25) is 5.91 Å². The van der Waals surface area contributed by atoms with Crippen molar-refractivity contribution in [2.24, 2.45) is 5.92 Å². The molecule has 1 aliphatic carbocycles. The molecule has 0 bridgehead atoms. The zero-order valence-electron chi connectivity index (χ0n) is 18.5. The van der Waals surface area contributed by atoms with Gasteiger partial charge in [-0.1, -0.05) is 23.4 Å². The zero-order chi connectivity index (χ0) is 23.2. The van der Waals surface area contributed by atoms with Crippen LogP contribution in [0.3, 0.4) is 0 Å². The predicted molar refractivity (Wildman–Crippen MR) is 124 cm³/mol. The lowest BCUT2D eigenvalue weighted by molar-refractivity contribution is -0.126. The van der Waals surface area contributed by atoms with E-state index < -0.39 is 10.0 Å². The highest BCUT2D eigenvalue weighted by atomic mass is 32.2. The number of amides is 1. The highest BCUT2D eigenvalue weighted by Gasteiger charge is 2.30. The Morgan fingerprint density at radius 3 is 2.52 bits per heavy atom. The van der Waals surface area contributed by atoms with E-state index >= 15 is 0 Å². The van der Waals surface area contributed by atoms with E-state index in [2.05, 4.69) is 20.6 Å². The van der Waals surface area contributed by atoms with Gasteiger partial charge in [0.15, 0.2) is 5.65 Å². The predicted octanol–water partition coefficient (Wildman–Crippen LogP) is 3.27. The minimum absolute atomic E-state index is 0.0113. The summed E-state index contributed by atoms with van der Waals surface area (Å²) in [5.41, 5.74) is 1.74. The van der Waals surface area contributed by atoms with Gasteiger partial charge in [-0.2, -0.15) is 0 Å². The Balaban J connectivity index is 1.49. The fourth-order valence-corrected chi connectivity index (χ4v) is 5.96. The second-order valence-corrected chi connectivity index (χ2v) is 10.7. The first kappa shape index (κ1) is 21.6. The molecule has 4 aromatic rings. The van der Waals surface area contributed by atoms with E-state index in [1.165, 1.54) is 10.2 Å². The number of nitrogens with one attached hydrogen (secondary N) is 1. The fourth-order valence-electron chi connectivity index (χ4n) is 4.63. The number of aromatic nitrogens is 5. The number of pyridine rings is 1. The summed E-state index contributed by atoms with van der Waals surface area (Å²) in [5, 5.41) is 12.4. The van der Waals surface area contributed by atoms with Gasteiger partial charge in [0.05, 0.1) is 17.1 Å². The molecule has 0 radical (unpaired) electrons. The van der Waals surface area contributed by atoms with E-state index in [0.29, 0.717) is 16.6 Å². The third kappa shape index (κ3) is 3.78. The third-order valence-corrected chi connectivity index (χ3v) is 7.94. The summed E-state index contributed by atoms with van der Waals surface area (Å²) in [6.45, 7) is 3.93. The second kappa shape index (κ2) is 8.26. The number of carbonyl (C=O) groups is 1. The van der Waals surface area contributed by atoms with Crippen LogP contribution in [-0.2, 0) is 14.8 Å². The molecule has 0 unspecified atom stereocenters. The Morgan fingerprint density at radius 2 is 1.82 bits per heavy atom. The zero-order valence-corrected chi connectivity index (χ0v) is 19.4. The van der Waals surface area contributed by atoms with E-state index in [1.807, 2.05) is 18.5 Å². The molecule has 0 atom stereocenters. The van der Waals surface area contributed by atoms with Crippen molar-refractivity contribution in [2.75, 3.05) is 0 Å². The van der Waals surface area contributed by atoms with Crippen LogP contribution in [0.15, 0.2) is 53.7 Å². The maximum absolute atomic E-state index is 13.2. The Hall–Kier alpha value is -3.27. The normalized spacial score (nSPS) is 19.4. The van der Waals surface area contributed by atoms with E-state index in [9.17, 15) is 13.2 Å². The summed E-state index contributed by atoms with van der Waals surface area (Å²) in [4.78, 5) is 17.0. The summed E-state index contributed by atoms with van der Waals surface area (Å²) < 4.78 is 29.5. The first-order valence-electron chi connectivity index (χ1n) is 11.2. The molecule has 0 saturated heterocycles. The summed E-state index contributed by atoms with van der Waals surface area (Å²) >= 11 is 0. The molecular weight excluding hydrogens is 440 g/mol. The molecule has 9 nitrogen and oxygen atoms in total. The molecule has 10 heteroatoms. The molecule has 1 fully saturated rings. The summed E-state index contributed by atoms with van der Waals surface area (Å²) in [6.07, 6.45) is 6.27. The standard InChI is InChI=1S/C23H26N6O3S/c1-15(2)25-23(30)16-8-10-17(11-9-16)29-21-19-12-13-28(22(19)24-14-20(21)26-27-29)33(31,32)18-6-4-3-5-7-18/h3-7,12-17H,8-11H2,1-2H3,(H,25,30). The highest BCUT2D eigenvalue weighted by Crippen LogP contribution is 2.35. The molecule has 33 heavy (non-hydrogen) atoms. The van der Waals surface area contributed by atoms with Crippen LogP contribution in [-0.4, -0.2) is 44.3 Å². The highest BCUT2D eigenvalue weighted by molar-refractivity contribution is 7.90. The van der Waals surface area contributed by atoms with Crippen LogP contribution >= 0.6 is 0 Å². The van der Waals surface area contributed by atoms with Crippen molar-refractivity contribution in [3.63, 3.8) is 0 Å². The Labute approximate surface area is 191 Å². The van der Waals surface area contributed by atoms with Gasteiger partial charge in [0.1, 0.15) is 11.0 Å². The van der Waals surface area contributed by atoms with Gasteiger partial charge < -0.3 is 5.32 Å². The minimum Gasteiger partial charge on any atom is -0.354 e. The molecule has 0 spiro atoms. The molecular formula is C23H26N6O3S. The second-order valence-electron chi connectivity index (χ2n) is 8.86. The average molecular weight is 467 g/mol. The van der Waals surface area contributed by atoms with E-state index in [1.54, 1.807) is 42.6 Å². The quantitative estimate of drug-likeness (QED) is 0.483. The van der Waals surface area contributed by atoms with Crippen LogP contribution in [0.25, 0.3) is 22.1 Å². The number of carbonyl (C=O) groups excluding carboxylic acids is 1. The van der Waals surface area contributed by atoms with Crippen LogP contribution in [0.1, 0.15) is 45.6 Å². The summed E-state index contributed by atoms with van der Waals surface area (Å²) in [6, 6.07) is 10.3. The van der Waals surface area contributed by atoms with Crippen LogP contribution in [0.5, 0.6) is 0 Å². The fraction of sp³-hybridized carbons (Fsp3) is 0.391. The number of benzene rings is 1. The van der Waals surface area contributed by atoms with E-state index in [4.69, 9.17) is 0 Å². The van der Waals surface area contributed by atoms with Crippen molar-refractivity contribution >= 4 is 38.0 Å². The topological polar surface area (TPSA) is 112 Å². The Morgan fingerprint density at radius 1 is 1.09 bits per heavy atom. The van der Waals surface area contributed by atoms with Gasteiger partial charge in [0, 0.05) is 23.5 Å². The van der Waals surface area contributed by atoms with Crippen molar-refractivity contribution in [2.45, 2.75) is 56.5 Å². The van der Waals surface area contributed by atoms with E-state index in [-0.39, 0.29) is 28.8 Å². The molecule has 1 aliphatic rings. The number of hydrogen-bond donors (Lipinski definition) is 1. The Kier molecular flexibility index (Phi) is 5.40. The first-order chi connectivity index (χ1) is 15.9. The molecule has 172 valence electrons. The van der Waals surface area contributed by atoms with Crippen LogP contribution in [0, 0.1) is 5.92 Å². The lowest BCUT2D eigenvalue weighted by atomic mass is 9.85. The smallest absolute Gasteiger partial charge is 0.269 e. The molecule has 3 aromatic heterocycles. The molecule has 1 aromatic carbocycles. The van der Waals surface area contributed by atoms with Crippen LogP contribution in [0.2, 0.25) is 0 Å².